The molecule has 1 aliphatic heterocycles. The van der Waals surface area contributed by atoms with Crippen LogP contribution in [-0.4, -0.2) is 11.8 Å². The van der Waals surface area contributed by atoms with E-state index in [2.05, 4.69) is 0 Å². The average Bonchev–Trinajstić information content (AvgIpc) is 2.86. The number of carbonyl (C=O) groups excluding carboxylic acids is 2. The Hall–Kier alpha value is -2.42. The molecule has 0 N–H and O–H groups in total. The number of cyclic esters (lactones) is 1. The fraction of sp³-hybridized carbons (Fsp3) is 0.300. The molecule has 0 spiro atoms. The van der Waals surface area contributed by atoms with Crippen LogP contribution in [0.5, 0.6) is 0 Å². The first-order valence-corrected chi connectivity index (χ1v) is 7.80. The molecule has 0 amide bonds. The SMILES string of the molecule is CC(=O)C1CC(c2cccc(C)c2)(c2cccc(C)c2)OC1=O. The van der Waals surface area contributed by atoms with Gasteiger partial charge in [-0.3, -0.25) is 9.59 Å². The molecule has 118 valence electrons. The van der Waals surface area contributed by atoms with Gasteiger partial charge in [0.15, 0.2) is 5.60 Å². The molecule has 1 unspecified atom stereocenters. The summed E-state index contributed by atoms with van der Waals surface area (Å²) in [6.07, 6.45) is 0.355. The van der Waals surface area contributed by atoms with E-state index in [1.807, 2.05) is 62.4 Å². The molecular weight excluding hydrogens is 288 g/mol. The molecular formula is C20H20O3. The van der Waals surface area contributed by atoms with Gasteiger partial charge in [-0.15, -0.1) is 0 Å². The van der Waals surface area contributed by atoms with E-state index >= 15 is 0 Å². The highest BCUT2D eigenvalue weighted by molar-refractivity contribution is 5.99. The summed E-state index contributed by atoms with van der Waals surface area (Å²) in [4.78, 5) is 24.1. The van der Waals surface area contributed by atoms with E-state index in [1.165, 1.54) is 6.92 Å². The first-order chi connectivity index (χ1) is 10.9. The van der Waals surface area contributed by atoms with Crippen molar-refractivity contribution in [3.05, 3.63) is 70.8 Å². The predicted molar refractivity (Wildman–Crippen MR) is 88.0 cm³/mol. The largest absolute Gasteiger partial charge is 0.449 e. The van der Waals surface area contributed by atoms with E-state index in [-0.39, 0.29) is 5.78 Å². The highest BCUT2D eigenvalue weighted by atomic mass is 16.6. The van der Waals surface area contributed by atoms with Gasteiger partial charge in [-0.1, -0.05) is 59.7 Å². The van der Waals surface area contributed by atoms with Gasteiger partial charge < -0.3 is 4.74 Å². The van der Waals surface area contributed by atoms with Crippen molar-refractivity contribution in [3.63, 3.8) is 0 Å². The number of esters is 1. The second-order valence-electron chi connectivity index (χ2n) is 6.35. The van der Waals surface area contributed by atoms with Crippen LogP contribution in [0, 0.1) is 19.8 Å². The first kappa shape index (κ1) is 15.5. The fourth-order valence-electron chi connectivity index (χ4n) is 3.28. The number of hydrogen-bond donors (Lipinski definition) is 0. The van der Waals surface area contributed by atoms with Crippen LogP contribution in [-0.2, 0) is 19.9 Å². The number of benzene rings is 2. The van der Waals surface area contributed by atoms with Gasteiger partial charge in [-0.2, -0.15) is 0 Å². The summed E-state index contributed by atoms with van der Waals surface area (Å²) in [6, 6.07) is 15.9. The van der Waals surface area contributed by atoms with Crippen molar-refractivity contribution < 1.29 is 14.3 Å². The van der Waals surface area contributed by atoms with E-state index in [9.17, 15) is 9.59 Å². The predicted octanol–water partition coefficient (Wildman–Crippen LogP) is 3.70. The van der Waals surface area contributed by atoms with Crippen LogP contribution in [0.1, 0.15) is 35.6 Å². The Bertz CT molecular complexity index is 730. The molecule has 2 aromatic carbocycles. The summed E-state index contributed by atoms with van der Waals surface area (Å²) in [7, 11) is 0. The molecule has 1 heterocycles. The molecule has 0 aliphatic carbocycles. The lowest BCUT2D eigenvalue weighted by Crippen LogP contribution is -2.27. The Labute approximate surface area is 136 Å². The molecule has 1 atom stereocenters. The summed E-state index contributed by atoms with van der Waals surface area (Å²) >= 11 is 0. The summed E-state index contributed by atoms with van der Waals surface area (Å²) in [5, 5.41) is 0. The molecule has 23 heavy (non-hydrogen) atoms. The Balaban J connectivity index is 2.19. The smallest absolute Gasteiger partial charge is 0.317 e. The maximum atomic E-state index is 12.3. The zero-order valence-corrected chi connectivity index (χ0v) is 13.6. The molecule has 0 aromatic heterocycles. The van der Waals surface area contributed by atoms with E-state index in [1.54, 1.807) is 0 Å². The average molecular weight is 308 g/mol. The number of aryl methyl sites for hydroxylation is 2. The minimum Gasteiger partial charge on any atom is -0.449 e. The zero-order chi connectivity index (χ0) is 16.6. The number of ketones is 1. The minimum absolute atomic E-state index is 0.141. The molecule has 2 aromatic rings. The second kappa shape index (κ2) is 5.65. The minimum atomic E-state index is -0.883. The Kier molecular flexibility index (Phi) is 3.80. The van der Waals surface area contributed by atoms with Crippen LogP contribution in [0.3, 0.4) is 0 Å². The molecule has 1 aliphatic rings. The first-order valence-electron chi connectivity index (χ1n) is 7.80. The summed E-state index contributed by atoms with van der Waals surface area (Å²) < 4.78 is 5.85. The second-order valence-corrected chi connectivity index (χ2v) is 6.35. The van der Waals surface area contributed by atoms with Crippen LogP contribution in [0.25, 0.3) is 0 Å². The quantitative estimate of drug-likeness (QED) is 0.641. The third kappa shape index (κ3) is 2.67. The number of hydrogen-bond acceptors (Lipinski definition) is 3. The maximum Gasteiger partial charge on any atom is 0.317 e. The van der Waals surface area contributed by atoms with Crippen molar-refractivity contribution in [2.45, 2.75) is 32.8 Å². The van der Waals surface area contributed by atoms with Gasteiger partial charge in [0.25, 0.3) is 0 Å². The number of rotatable bonds is 3. The maximum absolute atomic E-state index is 12.3. The van der Waals surface area contributed by atoms with Gasteiger partial charge in [-0.05, 0) is 20.8 Å². The van der Waals surface area contributed by atoms with E-state index in [0.717, 1.165) is 22.3 Å². The Morgan fingerprint density at radius 2 is 1.57 bits per heavy atom. The van der Waals surface area contributed by atoms with Gasteiger partial charge in [0.05, 0.1) is 0 Å². The van der Waals surface area contributed by atoms with Crippen LogP contribution >= 0.6 is 0 Å². The molecule has 3 heteroatoms. The normalized spacial score (nSPS) is 19.4. The zero-order valence-electron chi connectivity index (χ0n) is 13.6. The number of Topliss-reactive ketones (excluding diaryl/α,β-unsaturated/α-hetero) is 1. The third-order valence-electron chi connectivity index (χ3n) is 4.51. The molecule has 0 saturated carbocycles. The van der Waals surface area contributed by atoms with Gasteiger partial charge in [0.1, 0.15) is 11.7 Å². The third-order valence-corrected chi connectivity index (χ3v) is 4.51. The van der Waals surface area contributed by atoms with E-state index in [4.69, 9.17) is 4.74 Å². The lowest BCUT2D eigenvalue weighted by Gasteiger charge is -2.29. The standard InChI is InChI=1S/C20H20O3/c1-13-6-4-8-16(10-13)20(17-9-5-7-14(2)11-17)12-18(15(3)21)19(22)23-20/h4-11,18H,12H2,1-3H3. The van der Waals surface area contributed by atoms with Crippen LogP contribution in [0.15, 0.2) is 48.5 Å². The summed E-state index contributed by atoms with van der Waals surface area (Å²) in [5.74, 6) is -1.27. The van der Waals surface area contributed by atoms with Crippen molar-refractivity contribution in [3.8, 4) is 0 Å². The Morgan fingerprint density at radius 3 is 1.96 bits per heavy atom. The fourth-order valence-corrected chi connectivity index (χ4v) is 3.28. The van der Waals surface area contributed by atoms with Gasteiger partial charge in [0.2, 0.25) is 0 Å². The Morgan fingerprint density at radius 1 is 1.04 bits per heavy atom. The molecule has 1 saturated heterocycles. The molecule has 1 fully saturated rings. The molecule has 3 rings (SSSR count). The number of ether oxygens (including phenoxy) is 1. The van der Waals surface area contributed by atoms with Crippen molar-refractivity contribution in [1.82, 2.24) is 0 Å². The lowest BCUT2D eigenvalue weighted by atomic mass is 9.80. The van der Waals surface area contributed by atoms with Gasteiger partial charge in [0, 0.05) is 17.5 Å². The van der Waals surface area contributed by atoms with Crippen molar-refractivity contribution >= 4 is 11.8 Å². The van der Waals surface area contributed by atoms with Crippen molar-refractivity contribution in [2.75, 3.05) is 0 Å². The molecule has 0 radical (unpaired) electrons. The number of carbonyl (C=O) groups is 2. The van der Waals surface area contributed by atoms with E-state index < -0.39 is 17.5 Å². The molecule has 3 nitrogen and oxygen atoms in total. The van der Waals surface area contributed by atoms with Crippen LogP contribution in [0.2, 0.25) is 0 Å². The van der Waals surface area contributed by atoms with Gasteiger partial charge in [-0.25, -0.2) is 0 Å². The van der Waals surface area contributed by atoms with Gasteiger partial charge >= 0.3 is 5.97 Å². The van der Waals surface area contributed by atoms with Crippen molar-refractivity contribution in [1.29, 1.82) is 0 Å². The van der Waals surface area contributed by atoms with E-state index in [0.29, 0.717) is 6.42 Å². The van der Waals surface area contributed by atoms with Crippen LogP contribution < -0.4 is 0 Å². The van der Waals surface area contributed by atoms with Crippen molar-refractivity contribution in [2.24, 2.45) is 5.92 Å². The molecule has 0 bridgehead atoms. The highest BCUT2D eigenvalue weighted by Gasteiger charge is 2.51. The highest BCUT2D eigenvalue weighted by Crippen LogP contribution is 2.45. The monoisotopic (exact) mass is 308 g/mol. The summed E-state index contributed by atoms with van der Waals surface area (Å²) in [6.45, 7) is 5.47. The topological polar surface area (TPSA) is 43.4 Å². The van der Waals surface area contributed by atoms with Crippen LogP contribution in [0.4, 0.5) is 0 Å². The lowest BCUT2D eigenvalue weighted by molar-refractivity contribution is -0.150. The summed E-state index contributed by atoms with van der Waals surface area (Å²) in [5.41, 5.74) is 3.14.